The molecule has 0 fully saturated rings. The molecule has 11 heteroatoms. The van der Waals surface area contributed by atoms with Gasteiger partial charge in [0.1, 0.15) is 5.75 Å². The molecule has 228 valence electrons. The van der Waals surface area contributed by atoms with E-state index in [1.807, 2.05) is 60.7 Å². The summed E-state index contributed by atoms with van der Waals surface area (Å²) in [5.74, 6) is 0.710. The Hall–Kier alpha value is -2.96. The van der Waals surface area contributed by atoms with Crippen LogP contribution in [0.5, 0.6) is 5.75 Å². The van der Waals surface area contributed by atoms with Gasteiger partial charge in [-0.2, -0.15) is 21.6 Å². The van der Waals surface area contributed by atoms with Gasteiger partial charge in [-0.25, -0.2) is 0 Å². The maximum absolute atomic E-state index is 12.6. The molecular weight excluding hydrogens is 585 g/mol. The van der Waals surface area contributed by atoms with Gasteiger partial charge in [0.2, 0.25) is 0 Å². The first kappa shape index (κ1) is 33.5. The minimum Gasteiger partial charge on any atom is -0.497 e. The molecule has 0 aliphatic heterocycles. The number of rotatable bonds is 14. The molecule has 0 aliphatic rings. The van der Waals surface area contributed by atoms with Gasteiger partial charge in [0.15, 0.2) is 0 Å². The van der Waals surface area contributed by atoms with E-state index in [2.05, 4.69) is 49.2 Å². The second kappa shape index (κ2) is 14.5. The first-order chi connectivity index (χ1) is 19.8. The third-order valence-electron chi connectivity index (χ3n) is 6.72. The van der Waals surface area contributed by atoms with Crippen LogP contribution in [0.25, 0.3) is 0 Å². The fourth-order valence-electron chi connectivity index (χ4n) is 4.61. The smallest absolute Gasteiger partial charge is 0.497 e. The van der Waals surface area contributed by atoms with Crippen molar-refractivity contribution in [1.82, 2.24) is 0 Å². The van der Waals surface area contributed by atoms with Gasteiger partial charge in [0.05, 0.1) is 33.0 Å². The minimum atomic E-state index is -5.67. The fraction of sp³-hybridized carbons (Fsp3) is 0.355. The maximum atomic E-state index is 12.6. The highest BCUT2D eigenvalue weighted by molar-refractivity contribution is 7.87. The van der Waals surface area contributed by atoms with Crippen molar-refractivity contribution in [2.45, 2.75) is 50.4 Å². The first-order valence-corrected chi connectivity index (χ1v) is 16.7. The fourth-order valence-corrected chi connectivity index (χ4v) is 9.59. The molecular formula is C31H37F3O6SSi. The molecule has 0 saturated heterocycles. The minimum absolute atomic E-state index is 0.190. The predicted octanol–water partition coefficient (Wildman–Crippen LogP) is 5.97. The van der Waals surface area contributed by atoms with Gasteiger partial charge in [-0.3, -0.25) is 4.18 Å². The average Bonchev–Trinajstić information content (AvgIpc) is 2.95. The van der Waals surface area contributed by atoms with Crippen molar-refractivity contribution in [3.63, 3.8) is 0 Å². The summed E-state index contributed by atoms with van der Waals surface area (Å²) in [5.41, 5.74) is -4.58. The highest BCUT2D eigenvalue weighted by atomic mass is 32.2. The highest BCUT2D eigenvalue weighted by Crippen LogP contribution is 2.37. The number of halogens is 3. The zero-order chi connectivity index (χ0) is 30.9. The lowest BCUT2D eigenvalue weighted by Gasteiger charge is -2.43. The van der Waals surface area contributed by atoms with E-state index in [1.54, 1.807) is 13.2 Å². The SMILES string of the molecule is COc1ccc(CO[C@@H](C/C=C/COS(=O)(=O)C(F)(F)F)CO[Si](c2ccccc2)(c2ccccc2)C(C)(C)C)cc1. The molecule has 0 heterocycles. The van der Waals surface area contributed by atoms with Gasteiger partial charge in [0.25, 0.3) is 8.32 Å². The van der Waals surface area contributed by atoms with E-state index >= 15 is 0 Å². The highest BCUT2D eigenvalue weighted by Gasteiger charge is 2.50. The number of ether oxygens (including phenoxy) is 2. The van der Waals surface area contributed by atoms with Crippen molar-refractivity contribution in [3.8, 4) is 5.75 Å². The summed E-state index contributed by atoms with van der Waals surface area (Å²) in [4.78, 5) is 0. The van der Waals surface area contributed by atoms with E-state index in [-0.39, 0.29) is 24.7 Å². The Kier molecular flexibility index (Phi) is 11.6. The summed E-state index contributed by atoms with van der Waals surface area (Å²) in [5, 5.41) is 1.92. The van der Waals surface area contributed by atoms with Crippen LogP contribution in [0, 0.1) is 0 Å². The third kappa shape index (κ3) is 8.54. The van der Waals surface area contributed by atoms with Crippen molar-refractivity contribution in [2.75, 3.05) is 20.3 Å². The Labute approximate surface area is 247 Å². The standard InChI is InChI=1S/C31H37F3O6SSi/c1-30(2,3)42(28-14-7-5-8-15-28,29-16-9-6-10-17-29)40-24-27(38-23-25-18-20-26(37-4)21-19-25)13-11-12-22-39-41(35,36)31(32,33)34/h5-12,14-21,27H,13,22-24H2,1-4H3/b12-11+/t27-/m0/s1. The normalized spacial score (nSPS) is 13.8. The Bertz CT molecular complexity index is 1330. The predicted molar refractivity (Wildman–Crippen MR) is 160 cm³/mol. The summed E-state index contributed by atoms with van der Waals surface area (Å²) in [6, 6.07) is 27.6. The van der Waals surface area contributed by atoms with Crippen LogP contribution in [-0.4, -0.2) is 48.7 Å². The van der Waals surface area contributed by atoms with Crippen molar-refractivity contribution >= 4 is 28.8 Å². The lowest BCUT2D eigenvalue weighted by molar-refractivity contribution is -0.0535. The van der Waals surface area contributed by atoms with Crippen LogP contribution in [0.4, 0.5) is 13.2 Å². The van der Waals surface area contributed by atoms with Gasteiger partial charge in [-0.1, -0.05) is 106 Å². The van der Waals surface area contributed by atoms with Crippen molar-refractivity contribution in [3.05, 3.63) is 103 Å². The number of hydrogen-bond donors (Lipinski definition) is 0. The molecule has 0 amide bonds. The molecule has 0 aromatic heterocycles. The van der Waals surface area contributed by atoms with Crippen molar-refractivity contribution < 1.29 is 39.7 Å². The molecule has 3 aromatic rings. The van der Waals surface area contributed by atoms with Crippen LogP contribution in [0.1, 0.15) is 32.8 Å². The van der Waals surface area contributed by atoms with E-state index in [0.29, 0.717) is 5.75 Å². The second-order valence-electron chi connectivity index (χ2n) is 10.6. The van der Waals surface area contributed by atoms with Crippen molar-refractivity contribution in [2.24, 2.45) is 0 Å². The molecule has 0 saturated carbocycles. The van der Waals surface area contributed by atoms with E-state index in [1.165, 1.54) is 6.08 Å². The van der Waals surface area contributed by atoms with Crippen LogP contribution < -0.4 is 15.1 Å². The monoisotopic (exact) mass is 622 g/mol. The Balaban J connectivity index is 1.86. The van der Waals surface area contributed by atoms with Crippen molar-refractivity contribution in [1.29, 1.82) is 0 Å². The molecule has 42 heavy (non-hydrogen) atoms. The van der Waals surface area contributed by atoms with E-state index in [0.717, 1.165) is 15.9 Å². The number of methoxy groups -OCH3 is 1. The number of benzene rings is 3. The largest absolute Gasteiger partial charge is 0.523 e. The molecule has 1 atom stereocenters. The van der Waals surface area contributed by atoms with Crippen LogP contribution in [0.15, 0.2) is 97.1 Å². The summed E-state index contributed by atoms with van der Waals surface area (Å²) in [7, 11) is -6.97. The topological polar surface area (TPSA) is 71.1 Å². The first-order valence-electron chi connectivity index (χ1n) is 13.4. The van der Waals surface area contributed by atoms with Crippen LogP contribution in [-0.2, 0) is 30.1 Å². The molecule has 0 bridgehead atoms. The summed E-state index contributed by atoms with van der Waals surface area (Å²) < 4.78 is 82.7. The lowest BCUT2D eigenvalue weighted by Crippen LogP contribution is -2.67. The van der Waals surface area contributed by atoms with E-state index < -0.39 is 36.7 Å². The third-order valence-corrected chi connectivity index (χ3v) is 12.7. The van der Waals surface area contributed by atoms with Gasteiger partial charge in [-0.05, 0) is 39.5 Å². The van der Waals surface area contributed by atoms with E-state index in [4.69, 9.17) is 13.9 Å². The maximum Gasteiger partial charge on any atom is 0.523 e. The quantitative estimate of drug-likeness (QED) is 0.0956. The zero-order valence-electron chi connectivity index (χ0n) is 24.1. The lowest BCUT2D eigenvalue weighted by atomic mass is 10.2. The summed E-state index contributed by atoms with van der Waals surface area (Å²) in [6.07, 6.45) is 2.53. The Morgan fingerprint density at radius 2 is 1.38 bits per heavy atom. The molecule has 3 aromatic carbocycles. The molecule has 0 aliphatic carbocycles. The van der Waals surface area contributed by atoms with Gasteiger partial charge in [-0.15, -0.1) is 0 Å². The number of alkyl halides is 3. The average molecular weight is 623 g/mol. The molecule has 0 spiro atoms. The Morgan fingerprint density at radius 1 is 0.833 bits per heavy atom. The second-order valence-corrected chi connectivity index (χ2v) is 16.6. The van der Waals surface area contributed by atoms with Gasteiger partial charge in [0, 0.05) is 0 Å². The molecule has 3 rings (SSSR count). The molecule has 0 unspecified atom stereocenters. The van der Waals surface area contributed by atoms with Crippen LogP contribution in [0.2, 0.25) is 5.04 Å². The Morgan fingerprint density at radius 3 is 1.86 bits per heavy atom. The van der Waals surface area contributed by atoms with Gasteiger partial charge >= 0.3 is 15.6 Å². The zero-order valence-corrected chi connectivity index (χ0v) is 26.0. The van der Waals surface area contributed by atoms with E-state index in [9.17, 15) is 21.6 Å². The molecule has 0 radical (unpaired) electrons. The number of hydrogen-bond acceptors (Lipinski definition) is 6. The molecule has 0 N–H and O–H groups in total. The summed E-state index contributed by atoms with van der Waals surface area (Å²) in [6.45, 7) is 6.17. The van der Waals surface area contributed by atoms with Crippen LogP contribution >= 0.6 is 0 Å². The van der Waals surface area contributed by atoms with Gasteiger partial charge < -0.3 is 13.9 Å². The molecule has 6 nitrogen and oxygen atoms in total. The summed E-state index contributed by atoms with van der Waals surface area (Å²) >= 11 is 0. The van der Waals surface area contributed by atoms with Crippen LogP contribution in [0.3, 0.4) is 0 Å².